The molecule has 0 saturated heterocycles. The van der Waals surface area contributed by atoms with Crippen molar-refractivity contribution in [3.05, 3.63) is 29.6 Å². The Balaban J connectivity index is 2.96. The van der Waals surface area contributed by atoms with Crippen LogP contribution in [0.4, 0.5) is 4.39 Å². The molecule has 1 aromatic carbocycles. The summed E-state index contributed by atoms with van der Waals surface area (Å²) in [6.45, 7) is 4.19. The van der Waals surface area contributed by atoms with E-state index in [0.717, 1.165) is 18.4 Å². The molecule has 0 fully saturated rings. The first-order chi connectivity index (χ1) is 7.60. The monoisotopic (exact) mass is 244 g/mol. The minimum absolute atomic E-state index is 0.203. The van der Waals surface area contributed by atoms with Crippen molar-refractivity contribution in [3.8, 4) is 5.75 Å². The van der Waals surface area contributed by atoms with Gasteiger partial charge in [0.05, 0.1) is 12.5 Å². The fourth-order valence-electron chi connectivity index (χ4n) is 1.83. The van der Waals surface area contributed by atoms with Gasteiger partial charge >= 0.3 is 0 Å². The van der Waals surface area contributed by atoms with Gasteiger partial charge in [-0.1, -0.05) is 20.3 Å². The van der Waals surface area contributed by atoms with Gasteiger partial charge in [-0.25, -0.2) is 4.39 Å². The molecule has 0 heterocycles. The summed E-state index contributed by atoms with van der Waals surface area (Å²) in [6.07, 6.45) is 2.09. The average molecular weight is 245 g/mol. The molecule has 1 aromatic rings. The van der Waals surface area contributed by atoms with Gasteiger partial charge in [-0.3, -0.25) is 0 Å². The number of hydrogen-bond donors (Lipinski definition) is 0. The molecule has 0 aliphatic heterocycles. The van der Waals surface area contributed by atoms with Gasteiger partial charge in [-0.2, -0.15) is 0 Å². The minimum Gasteiger partial charge on any atom is -0.496 e. The van der Waals surface area contributed by atoms with Crippen LogP contribution in [0.15, 0.2) is 18.2 Å². The van der Waals surface area contributed by atoms with Gasteiger partial charge in [0.15, 0.2) is 0 Å². The summed E-state index contributed by atoms with van der Waals surface area (Å²) in [5.41, 5.74) is 0.741. The Morgan fingerprint density at radius 1 is 1.44 bits per heavy atom. The lowest BCUT2D eigenvalue weighted by atomic mass is 9.95. The summed E-state index contributed by atoms with van der Waals surface area (Å²) >= 11 is 6.34. The summed E-state index contributed by atoms with van der Waals surface area (Å²) in [5, 5.41) is -0.203. The number of rotatable bonds is 5. The zero-order valence-corrected chi connectivity index (χ0v) is 10.7. The number of hydrogen-bond acceptors (Lipinski definition) is 1. The van der Waals surface area contributed by atoms with Gasteiger partial charge in [-0.15, -0.1) is 11.6 Å². The smallest absolute Gasteiger partial charge is 0.123 e. The Labute approximate surface area is 102 Å². The van der Waals surface area contributed by atoms with Crippen LogP contribution in [-0.4, -0.2) is 7.11 Å². The SMILES string of the molecule is CCCC(C)C(Cl)c1cc(F)ccc1OC. The first-order valence-electron chi connectivity index (χ1n) is 5.57. The quantitative estimate of drug-likeness (QED) is 0.691. The van der Waals surface area contributed by atoms with Crippen LogP contribution in [0.25, 0.3) is 0 Å². The molecule has 2 atom stereocenters. The minimum atomic E-state index is -0.273. The van der Waals surface area contributed by atoms with Crippen molar-refractivity contribution < 1.29 is 9.13 Å². The lowest BCUT2D eigenvalue weighted by molar-refractivity contribution is 0.400. The van der Waals surface area contributed by atoms with E-state index in [1.807, 2.05) is 0 Å². The van der Waals surface area contributed by atoms with Crippen LogP contribution in [0.1, 0.15) is 37.6 Å². The molecule has 1 nitrogen and oxygen atoms in total. The standard InChI is InChI=1S/C13H18ClFO/c1-4-5-9(2)13(14)11-8-10(15)6-7-12(11)16-3/h6-9,13H,4-5H2,1-3H3. The van der Waals surface area contributed by atoms with Gasteiger partial charge in [0.2, 0.25) is 0 Å². The largest absolute Gasteiger partial charge is 0.496 e. The molecule has 0 aliphatic carbocycles. The third kappa shape index (κ3) is 3.11. The van der Waals surface area contributed by atoms with E-state index < -0.39 is 0 Å². The highest BCUT2D eigenvalue weighted by atomic mass is 35.5. The van der Waals surface area contributed by atoms with Crippen LogP contribution < -0.4 is 4.74 Å². The van der Waals surface area contributed by atoms with Crippen LogP contribution in [0.3, 0.4) is 0 Å². The molecule has 90 valence electrons. The molecule has 16 heavy (non-hydrogen) atoms. The average Bonchev–Trinajstić information content (AvgIpc) is 2.28. The Hall–Kier alpha value is -0.760. The summed E-state index contributed by atoms with van der Waals surface area (Å²) in [4.78, 5) is 0. The van der Waals surface area contributed by atoms with E-state index in [1.54, 1.807) is 13.2 Å². The van der Waals surface area contributed by atoms with E-state index in [0.29, 0.717) is 11.7 Å². The van der Waals surface area contributed by atoms with E-state index in [1.165, 1.54) is 12.1 Å². The normalized spacial score (nSPS) is 14.6. The van der Waals surface area contributed by atoms with Gasteiger partial charge in [0.1, 0.15) is 11.6 Å². The van der Waals surface area contributed by atoms with E-state index in [9.17, 15) is 4.39 Å². The summed E-state index contributed by atoms with van der Waals surface area (Å²) in [5.74, 6) is 0.692. The van der Waals surface area contributed by atoms with Crippen molar-refractivity contribution in [3.63, 3.8) is 0 Å². The van der Waals surface area contributed by atoms with Crippen LogP contribution >= 0.6 is 11.6 Å². The lowest BCUT2D eigenvalue weighted by Gasteiger charge is -2.20. The molecule has 1 rings (SSSR count). The van der Waals surface area contributed by atoms with Crippen molar-refractivity contribution in [1.82, 2.24) is 0 Å². The topological polar surface area (TPSA) is 9.23 Å². The van der Waals surface area contributed by atoms with Crippen molar-refractivity contribution >= 4 is 11.6 Å². The zero-order chi connectivity index (χ0) is 12.1. The summed E-state index contributed by atoms with van der Waals surface area (Å²) in [6, 6.07) is 4.47. The molecule has 0 N–H and O–H groups in total. The molecule has 0 saturated carbocycles. The second-order valence-corrected chi connectivity index (χ2v) is 4.52. The summed E-state index contributed by atoms with van der Waals surface area (Å²) < 4.78 is 18.4. The molecule has 3 heteroatoms. The summed E-state index contributed by atoms with van der Waals surface area (Å²) in [7, 11) is 1.57. The number of benzene rings is 1. The highest BCUT2D eigenvalue weighted by Crippen LogP contribution is 2.37. The molecule has 0 spiro atoms. The first kappa shape index (κ1) is 13.3. The Bertz CT molecular complexity index is 341. The van der Waals surface area contributed by atoms with E-state index in [2.05, 4.69) is 13.8 Å². The predicted molar refractivity (Wildman–Crippen MR) is 65.6 cm³/mol. The maximum absolute atomic E-state index is 13.2. The van der Waals surface area contributed by atoms with Crippen LogP contribution in [0.5, 0.6) is 5.75 Å². The maximum atomic E-state index is 13.2. The van der Waals surface area contributed by atoms with E-state index in [-0.39, 0.29) is 11.2 Å². The molecule has 2 unspecified atom stereocenters. The van der Waals surface area contributed by atoms with Crippen molar-refractivity contribution in [2.75, 3.05) is 7.11 Å². The van der Waals surface area contributed by atoms with Crippen molar-refractivity contribution in [2.45, 2.75) is 32.1 Å². The van der Waals surface area contributed by atoms with Crippen molar-refractivity contribution in [2.24, 2.45) is 5.92 Å². The second-order valence-electron chi connectivity index (χ2n) is 4.05. The lowest BCUT2D eigenvalue weighted by Crippen LogP contribution is -2.06. The Kier molecular flexibility index (Phi) is 5.07. The molecule has 0 amide bonds. The molecular formula is C13H18ClFO. The van der Waals surface area contributed by atoms with Gasteiger partial charge in [0.25, 0.3) is 0 Å². The van der Waals surface area contributed by atoms with Crippen LogP contribution in [0, 0.1) is 11.7 Å². The van der Waals surface area contributed by atoms with Crippen LogP contribution in [0.2, 0.25) is 0 Å². The fraction of sp³-hybridized carbons (Fsp3) is 0.538. The third-order valence-electron chi connectivity index (χ3n) is 2.73. The maximum Gasteiger partial charge on any atom is 0.123 e. The predicted octanol–water partition coefficient (Wildman–Crippen LogP) is 4.55. The third-order valence-corrected chi connectivity index (χ3v) is 3.40. The zero-order valence-electron chi connectivity index (χ0n) is 9.97. The Morgan fingerprint density at radius 2 is 2.12 bits per heavy atom. The highest BCUT2D eigenvalue weighted by Gasteiger charge is 2.20. The molecule has 0 bridgehead atoms. The Morgan fingerprint density at radius 3 is 2.69 bits per heavy atom. The van der Waals surface area contributed by atoms with Gasteiger partial charge < -0.3 is 4.74 Å². The van der Waals surface area contributed by atoms with Gasteiger partial charge in [-0.05, 0) is 30.5 Å². The van der Waals surface area contributed by atoms with Crippen molar-refractivity contribution in [1.29, 1.82) is 0 Å². The highest BCUT2D eigenvalue weighted by molar-refractivity contribution is 6.21. The van der Waals surface area contributed by atoms with E-state index >= 15 is 0 Å². The fourth-order valence-corrected chi connectivity index (χ4v) is 2.13. The number of methoxy groups -OCH3 is 1. The van der Waals surface area contributed by atoms with Gasteiger partial charge in [0, 0.05) is 5.56 Å². The first-order valence-corrected chi connectivity index (χ1v) is 6.01. The second kappa shape index (κ2) is 6.09. The van der Waals surface area contributed by atoms with E-state index in [4.69, 9.17) is 16.3 Å². The molecule has 0 aromatic heterocycles. The van der Waals surface area contributed by atoms with Crippen LogP contribution in [-0.2, 0) is 0 Å². The number of halogens is 2. The molecule has 0 radical (unpaired) electrons. The number of ether oxygens (including phenoxy) is 1. The molecule has 0 aliphatic rings. The number of alkyl halides is 1. The molecular weight excluding hydrogens is 227 g/mol.